The Morgan fingerprint density at radius 2 is 2.45 bits per heavy atom. The minimum absolute atomic E-state index is 0.214. The fourth-order valence-electron chi connectivity index (χ4n) is 2.43. The summed E-state index contributed by atoms with van der Waals surface area (Å²) in [6, 6.07) is 0. The molecule has 1 aromatic heterocycles. The molecule has 0 saturated carbocycles. The van der Waals surface area contributed by atoms with Gasteiger partial charge in [0.1, 0.15) is 0 Å². The van der Waals surface area contributed by atoms with Gasteiger partial charge in [-0.25, -0.2) is 0 Å². The topological polar surface area (TPSA) is 65.7 Å². The lowest BCUT2D eigenvalue weighted by Crippen LogP contribution is -2.40. The van der Waals surface area contributed by atoms with E-state index in [0.29, 0.717) is 6.54 Å². The van der Waals surface area contributed by atoms with Gasteiger partial charge in [0.2, 0.25) is 0 Å². The smallest absolute Gasteiger partial charge is 0.194 e. The molecule has 1 saturated heterocycles. The van der Waals surface area contributed by atoms with E-state index in [-0.39, 0.29) is 6.10 Å². The number of nitrogens with one attached hydrogen (secondary N) is 1. The molecule has 0 spiro atoms. The van der Waals surface area contributed by atoms with E-state index in [9.17, 15) is 5.11 Å². The van der Waals surface area contributed by atoms with E-state index in [1.54, 1.807) is 0 Å². The second-order valence-corrected chi connectivity index (χ2v) is 5.25. The summed E-state index contributed by atoms with van der Waals surface area (Å²) in [4.78, 5) is 6.78. The number of aliphatic imine (C=N–C) groups is 1. The second kappa shape index (κ2) is 7.28. The van der Waals surface area contributed by atoms with Crippen LogP contribution in [-0.2, 0) is 13.5 Å². The third-order valence-corrected chi connectivity index (χ3v) is 3.44. The summed E-state index contributed by atoms with van der Waals surface area (Å²) in [6.07, 6.45) is 6.59. The number of hydrogen-bond acceptors (Lipinski definition) is 3. The van der Waals surface area contributed by atoms with Crippen LogP contribution in [0.5, 0.6) is 0 Å². The van der Waals surface area contributed by atoms with Gasteiger partial charge in [-0.3, -0.25) is 9.67 Å². The SMILES string of the molecule is CCNC(=NCCCc1cnn(C)c1)N1CC[C@@H](O)C1. The van der Waals surface area contributed by atoms with Gasteiger partial charge >= 0.3 is 0 Å². The molecule has 1 aliphatic rings. The number of aliphatic hydroxyl groups excluding tert-OH is 1. The minimum Gasteiger partial charge on any atom is -0.391 e. The molecule has 0 amide bonds. The standard InChI is InChI=1S/C14H25N5O/c1-3-15-14(19-8-6-13(20)11-19)16-7-4-5-12-9-17-18(2)10-12/h9-10,13,20H,3-8,11H2,1-2H3,(H,15,16)/t13-/m1/s1. The first-order valence-electron chi connectivity index (χ1n) is 7.38. The molecule has 6 nitrogen and oxygen atoms in total. The van der Waals surface area contributed by atoms with Gasteiger partial charge in [-0.1, -0.05) is 0 Å². The number of hydrogen-bond donors (Lipinski definition) is 2. The van der Waals surface area contributed by atoms with Crippen LogP contribution in [0.4, 0.5) is 0 Å². The van der Waals surface area contributed by atoms with Crippen LogP contribution >= 0.6 is 0 Å². The fourth-order valence-corrected chi connectivity index (χ4v) is 2.43. The van der Waals surface area contributed by atoms with Crippen LogP contribution in [0.1, 0.15) is 25.3 Å². The third kappa shape index (κ3) is 4.23. The zero-order chi connectivity index (χ0) is 14.4. The fraction of sp³-hybridized carbons (Fsp3) is 0.714. The van der Waals surface area contributed by atoms with Crippen LogP contribution in [0.25, 0.3) is 0 Å². The molecule has 0 unspecified atom stereocenters. The maximum atomic E-state index is 9.61. The van der Waals surface area contributed by atoms with Crippen molar-refractivity contribution < 1.29 is 5.11 Å². The number of aromatic nitrogens is 2. The Kier molecular flexibility index (Phi) is 5.40. The van der Waals surface area contributed by atoms with Crippen LogP contribution < -0.4 is 5.32 Å². The van der Waals surface area contributed by atoms with Crippen LogP contribution in [-0.4, -0.2) is 58.0 Å². The van der Waals surface area contributed by atoms with Crippen molar-refractivity contribution in [1.82, 2.24) is 20.0 Å². The normalized spacial score (nSPS) is 19.6. The summed E-state index contributed by atoms with van der Waals surface area (Å²) in [5, 5.41) is 17.1. The summed E-state index contributed by atoms with van der Waals surface area (Å²) in [5.41, 5.74) is 1.25. The van der Waals surface area contributed by atoms with Gasteiger partial charge in [0.15, 0.2) is 5.96 Å². The zero-order valence-electron chi connectivity index (χ0n) is 12.4. The van der Waals surface area contributed by atoms with Gasteiger partial charge in [0.05, 0.1) is 12.3 Å². The van der Waals surface area contributed by atoms with Gasteiger partial charge in [-0.2, -0.15) is 5.10 Å². The highest BCUT2D eigenvalue weighted by molar-refractivity contribution is 5.80. The van der Waals surface area contributed by atoms with Gasteiger partial charge in [-0.05, 0) is 31.7 Å². The Bertz CT molecular complexity index is 443. The molecule has 2 rings (SSSR count). The van der Waals surface area contributed by atoms with Gasteiger partial charge in [-0.15, -0.1) is 0 Å². The maximum Gasteiger partial charge on any atom is 0.194 e. The van der Waals surface area contributed by atoms with Crippen molar-refractivity contribution in [2.45, 2.75) is 32.3 Å². The van der Waals surface area contributed by atoms with Gasteiger partial charge in [0, 0.05) is 39.4 Å². The average Bonchev–Trinajstić information content (AvgIpc) is 3.02. The molecule has 0 aliphatic carbocycles. The van der Waals surface area contributed by atoms with E-state index in [1.807, 2.05) is 24.1 Å². The number of aliphatic hydroxyl groups is 1. The predicted octanol–water partition coefficient (Wildman–Crippen LogP) is 0.385. The number of guanidine groups is 1. The molecule has 1 aromatic rings. The van der Waals surface area contributed by atoms with Crippen molar-refractivity contribution >= 4 is 5.96 Å². The average molecular weight is 279 g/mol. The van der Waals surface area contributed by atoms with Gasteiger partial charge < -0.3 is 15.3 Å². The highest BCUT2D eigenvalue weighted by Crippen LogP contribution is 2.09. The van der Waals surface area contributed by atoms with E-state index in [1.165, 1.54) is 5.56 Å². The molecule has 6 heteroatoms. The number of rotatable bonds is 5. The summed E-state index contributed by atoms with van der Waals surface area (Å²) in [6.45, 7) is 5.29. The molecule has 2 N–H and O–H groups in total. The summed E-state index contributed by atoms with van der Waals surface area (Å²) < 4.78 is 1.83. The Balaban J connectivity index is 1.80. The van der Waals surface area contributed by atoms with Crippen LogP contribution in [0, 0.1) is 0 Å². The number of nitrogens with zero attached hydrogens (tertiary/aromatic N) is 4. The third-order valence-electron chi connectivity index (χ3n) is 3.44. The summed E-state index contributed by atoms with van der Waals surface area (Å²) in [5.74, 6) is 0.926. The molecular weight excluding hydrogens is 254 g/mol. The van der Waals surface area contributed by atoms with E-state index in [4.69, 9.17) is 0 Å². The van der Waals surface area contributed by atoms with Crippen molar-refractivity contribution in [2.24, 2.45) is 12.0 Å². The number of aryl methyl sites for hydroxylation is 2. The molecule has 0 bridgehead atoms. The number of likely N-dealkylation sites (tertiary alicyclic amines) is 1. The monoisotopic (exact) mass is 279 g/mol. The maximum absolute atomic E-state index is 9.61. The first-order valence-corrected chi connectivity index (χ1v) is 7.38. The first-order chi connectivity index (χ1) is 9.69. The van der Waals surface area contributed by atoms with Crippen molar-refractivity contribution in [3.63, 3.8) is 0 Å². The lowest BCUT2D eigenvalue weighted by atomic mass is 10.2. The van der Waals surface area contributed by atoms with Crippen LogP contribution in [0.15, 0.2) is 17.4 Å². The molecular formula is C14H25N5O. The molecule has 0 radical (unpaired) electrons. The van der Waals surface area contributed by atoms with Crippen molar-refractivity contribution in [2.75, 3.05) is 26.2 Å². The molecule has 1 fully saturated rings. The summed E-state index contributed by atoms with van der Waals surface area (Å²) in [7, 11) is 1.93. The quantitative estimate of drug-likeness (QED) is 0.465. The Hall–Kier alpha value is -1.56. The van der Waals surface area contributed by atoms with Crippen molar-refractivity contribution in [1.29, 1.82) is 0 Å². The highest BCUT2D eigenvalue weighted by atomic mass is 16.3. The lowest BCUT2D eigenvalue weighted by molar-refractivity contribution is 0.188. The van der Waals surface area contributed by atoms with Crippen LogP contribution in [0.3, 0.4) is 0 Å². The highest BCUT2D eigenvalue weighted by Gasteiger charge is 2.22. The molecule has 20 heavy (non-hydrogen) atoms. The molecule has 0 aromatic carbocycles. The molecule has 1 aliphatic heterocycles. The van der Waals surface area contributed by atoms with Crippen molar-refractivity contribution in [3.8, 4) is 0 Å². The van der Waals surface area contributed by atoms with E-state index in [2.05, 4.69) is 27.2 Å². The Morgan fingerprint density at radius 3 is 3.05 bits per heavy atom. The summed E-state index contributed by atoms with van der Waals surface area (Å²) >= 11 is 0. The molecule has 2 heterocycles. The lowest BCUT2D eigenvalue weighted by Gasteiger charge is -2.20. The largest absolute Gasteiger partial charge is 0.391 e. The Labute approximate surface area is 120 Å². The Morgan fingerprint density at radius 1 is 1.60 bits per heavy atom. The van der Waals surface area contributed by atoms with Crippen LogP contribution in [0.2, 0.25) is 0 Å². The molecule has 112 valence electrons. The first kappa shape index (κ1) is 14.8. The second-order valence-electron chi connectivity index (χ2n) is 5.25. The predicted molar refractivity (Wildman–Crippen MR) is 79.7 cm³/mol. The van der Waals surface area contributed by atoms with E-state index in [0.717, 1.165) is 44.9 Å². The zero-order valence-corrected chi connectivity index (χ0v) is 12.4. The molecule has 1 atom stereocenters. The van der Waals surface area contributed by atoms with E-state index >= 15 is 0 Å². The van der Waals surface area contributed by atoms with Crippen molar-refractivity contribution in [3.05, 3.63) is 18.0 Å². The minimum atomic E-state index is -0.214. The number of β-amino-alcohol motifs (C(OH)–C–C–N with tert-alkyl or cyclic N) is 1. The van der Waals surface area contributed by atoms with E-state index < -0.39 is 0 Å². The van der Waals surface area contributed by atoms with Gasteiger partial charge in [0.25, 0.3) is 0 Å².